The Morgan fingerprint density at radius 2 is 1.54 bits per heavy atom. The Hall–Kier alpha value is -2.65. The molecule has 3 rings (SSSR count). The molecule has 0 bridgehead atoms. The molecule has 0 amide bonds. The standard InChI is InChI=1S/C15H11F2N3O3S/c16-11-3-1-10(2-4-11)15-19-14(23-20-15)9-18-24(21,22)13-7-5-12(17)6-8-13/h1-8,18H,9H2. The zero-order valence-electron chi connectivity index (χ0n) is 12.1. The Kier molecular flexibility index (Phi) is 4.36. The highest BCUT2D eigenvalue weighted by molar-refractivity contribution is 7.89. The van der Waals surface area contributed by atoms with Crippen LogP contribution in [-0.4, -0.2) is 18.6 Å². The Morgan fingerprint density at radius 3 is 2.17 bits per heavy atom. The highest BCUT2D eigenvalue weighted by atomic mass is 32.2. The van der Waals surface area contributed by atoms with E-state index in [1.807, 2.05) is 0 Å². The van der Waals surface area contributed by atoms with Gasteiger partial charge in [-0.25, -0.2) is 21.9 Å². The summed E-state index contributed by atoms with van der Waals surface area (Å²) in [5.74, 6) is -0.671. The van der Waals surface area contributed by atoms with Gasteiger partial charge in [0, 0.05) is 5.56 Å². The minimum Gasteiger partial charge on any atom is -0.338 e. The second-order valence-electron chi connectivity index (χ2n) is 4.80. The van der Waals surface area contributed by atoms with Crippen LogP contribution in [0, 0.1) is 11.6 Å². The van der Waals surface area contributed by atoms with Crippen LogP contribution in [0.15, 0.2) is 57.9 Å². The SMILES string of the molecule is O=S(=O)(NCc1nc(-c2ccc(F)cc2)no1)c1ccc(F)cc1. The summed E-state index contributed by atoms with van der Waals surface area (Å²) in [6, 6.07) is 9.86. The molecule has 124 valence electrons. The molecule has 2 aromatic carbocycles. The third-order valence-electron chi connectivity index (χ3n) is 3.11. The van der Waals surface area contributed by atoms with Crippen molar-refractivity contribution in [3.63, 3.8) is 0 Å². The molecule has 0 radical (unpaired) electrons. The van der Waals surface area contributed by atoms with E-state index in [0.29, 0.717) is 5.56 Å². The molecule has 1 aromatic heterocycles. The summed E-state index contributed by atoms with van der Waals surface area (Å²) in [7, 11) is -3.83. The fourth-order valence-electron chi connectivity index (χ4n) is 1.90. The molecule has 0 spiro atoms. The van der Waals surface area contributed by atoms with E-state index < -0.39 is 21.7 Å². The van der Waals surface area contributed by atoms with Crippen LogP contribution in [0.4, 0.5) is 8.78 Å². The van der Waals surface area contributed by atoms with Crippen LogP contribution >= 0.6 is 0 Å². The Labute approximate surface area is 136 Å². The normalized spacial score (nSPS) is 11.6. The third kappa shape index (κ3) is 3.63. The molecule has 6 nitrogen and oxygen atoms in total. The number of sulfonamides is 1. The van der Waals surface area contributed by atoms with Crippen LogP contribution in [0.3, 0.4) is 0 Å². The zero-order chi connectivity index (χ0) is 17.2. The number of aromatic nitrogens is 2. The van der Waals surface area contributed by atoms with E-state index in [9.17, 15) is 17.2 Å². The molecule has 0 aliphatic rings. The molecule has 0 unspecified atom stereocenters. The van der Waals surface area contributed by atoms with Crippen molar-refractivity contribution in [3.8, 4) is 11.4 Å². The van der Waals surface area contributed by atoms with Gasteiger partial charge < -0.3 is 4.52 Å². The summed E-state index contributed by atoms with van der Waals surface area (Å²) in [6.45, 7) is -0.228. The number of halogens is 2. The predicted octanol–water partition coefficient (Wildman–Crippen LogP) is 2.49. The van der Waals surface area contributed by atoms with Gasteiger partial charge in [-0.15, -0.1) is 0 Å². The average molecular weight is 351 g/mol. The maximum Gasteiger partial charge on any atom is 0.242 e. The number of hydrogen-bond acceptors (Lipinski definition) is 5. The molecule has 0 aliphatic heterocycles. The molecule has 0 fully saturated rings. The summed E-state index contributed by atoms with van der Waals surface area (Å²) < 4.78 is 57.1. The van der Waals surface area contributed by atoms with Crippen LogP contribution in [0.2, 0.25) is 0 Å². The van der Waals surface area contributed by atoms with Crippen molar-refractivity contribution in [2.24, 2.45) is 0 Å². The molecule has 1 N–H and O–H groups in total. The molecule has 1 heterocycles. The molecular weight excluding hydrogens is 340 g/mol. The lowest BCUT2D eigenvalue weighted by Crippen LogP contribution is -2.23. The lowest BCUT2D eigenvalue weighted by atomic mass is 10.2. The van der Waals surface area contributed by atoms with Gasteiger partial charge in [0.15, 0.2) is 0 Å². The van der Waals surface area contributed by atoms with Gasteiger partial charge in [0.25, 0.3) is 0 Å². The van der Waals surface area contributed by atoms with Gasteiger partial charge >= 0.3 is 0 Å². The second-order valence-corrected chi connectivity index (χ2v) is 6.56. The van der Waals surface area contributed by atoms with Crippen LogP contribution in [0.25, 0.3) is 11.4 Å². The van der Waals surface area contributed by atoms with Crippen LogP contribution in [-0.2, 0) is 16.6 Å². The van der Waals surface area contributed by atoms with E-state index in [4.69, 9.17) is 4.52 Å². The smallest absolute Gasteiger partial charge is 0.242 e. The first kappa shape index (κ1) is 16.2. The van der Waals surface area contributed by atoms with Gasteiger partial charge in [0.1, 0.15) is 11.6 Å². The third-order valence-corrected chi connectivity index (χ3v) is 4.53. The van der Waals surface area contributed by atoms with Crippen LogP contribution < -0.4 is 4.72 Å². The van der Waals surface area contributed by atoms with Gasteiger partial charge in [0.2, 0.25) is 21.7 Å². The summed E-state index contributed by atoms with van der Waals surface area (Å²) in [6.07, 6.45) is 0. The molecule has 0 saturated carbocycles. The Morgan fingerprint density at radius 1 is 0.958 bits per heavy atom. The van der Waals surface area contributed by atoms with Gasteiger partial charge in [0.05, 0.1) is 11.4 Å². The zero-order valence-corrected chi connectivity index (χ0v) is 12.9. The predicted molar refractivity (Wildman–Crippen MR) is 80.1 cm³/mol. The van der Waals surface area contributed by atoms with E-state index in [2.05, 4.69) is 14.9 Å². The largest absolute Gasteiger partial charge is 0.338 e. The highest BCUT2D eigenvalue weighted by Gasteiger charge is 2.16. The van der Waals surface area contributed by atoms with Gasteiger partial charge in [-0.1, -0.05) is 5.16 Å². The summed E-state index contributed by atoms with van der Waals surface area (Å²) >= 11 is 0. The van der Waals surface area contributed by atoms with Crippen molar-refractivity contribution in [1.29, 1.82) is 0 Å². The van der Waals surface area contributed by atoms with Crippen molar-refractivity contribution in [3.05, 3.63) is 66.1 Å². The number of benzene rings is 2. The van der Waals surface area contributed by atoms with E-state index in [1.165, 1.54) is 24.3 Å². The topological polar surface area (TPSA) is 85.1 Å². The molecule has 0 aliphatic carbocycles. The number of nitrogens with zero attached hydrogens (tertiary/aromatic N) is 2. The van der Waals surface area contributed by atoms with Gasteiger partial charge in [-0.05, 0) is 48.5 Å². The minimum absolute atomic E-state index is 0.0417. The molecule has 0 atom stereocenters. The van der Waals surface area contributed by atoms with Crippen molar-refractivity contribution in [2.75, 3.05) is 0 Å². The van der Waals surface area contributed by atoms with Gasteiger partial charge in [-0.3, -0.25) is 0 Å². The Balaban J connectivity index is 1.71. The highest BCUT2D eigenvalue weighted by Crippen LogP contribution is 2.16. The first-order valence-electron chi connectivity index (χ1n) is 6.78. The molecule has 0 saturated heterocycles. The lowest BCUT2D eigenvalue weighted by molar-refractivity contribution is 0.376. The van der Waals surface area contributed by atoms with Crippen molar-refractivity contribution >= 4 is 10.0 Å². The van der Waals surface area contributed by atoms with Crippen molar-refractivity contribution < 1.29 is 21.7 Å². The summed E-state index contributed by atoms with van der Waals surface area (Å²) in [4.78, 5) is 3.95. The van der Waals surface area contributed by atoms with E-state index in [1.54, 1.807) is 0 Å². The maximum absolute atomic E-state index is 12.9. The van der Waals surface area contributed by atoms with Crippen LogP contribution in [0.1, 0.15) is 5.89 Å². The fourth-order valence-corrected chi connectivity index (χ4v) is 2.87. The van der Waals surface area contributed by atoms with Crippen molar-refractivity contribution in [1.82, 2.24) is 14.9 Å². The van der Waals surface area contributed by atoms with E-state index in [-0.39, 0.29) is 23.2 Å². The first-order valence-corrected chi connectivity index (χ1v) is 8.26. The number of hydrogen-bond donors (Lipinski definition) is 1. The molecule has 9 heteroatoms. The number of nitrogens with one attached hydrogen (secondary N) is 1. The average Bonchev–Trinajstić information content (AvgIpc) is 3.03. The second kappa shape index (κ2) is 6.46. The molecular formula is C15H11F2N3O3S. The lowest BCUT2D eigenvalue weighted by Gasteiger charge is -2.04. The van der Waals surface area contributed by atoms with Crippen LogP contribution in [0.5, 0.6) is 0 Å². The first-order chi connectivity index (χ1) is 11.4. The van der Waals surface area contributed by atoms with Crippen molar-refractivity contribution in [2.45, 2.75) is 11.4 Å². The molecule has 3 aromatic rings. The monoisotopic (exact) mass is 351 g/mol. The quantitative estimate of drug-likeness (QED) is 0.763. The van der Waals surface area contributed by atoms with Gasteiger partial charge in [-0.2, -0.15) is 4.98 Å². The summed E-state index contributed by atoms with van der Waals surface area (Å²) in [5, 5.41) is 3.71. The molecule has 24 heavy (non-hydrogen) atoms. The van der Waals surface area contributed by atoms with E-state index in [0.717, 1.165) is 24.3 Å². The minimum atomic E-state index is -3.83. The number of rotatable bonds is 5. The summed E-state index contributed by atoms with van der Waals surface area (Å²) in [5.41, 5.74) is 0.535. The van der Waals surface area contributed by atoms with E-state index >= 15 is 0 Å². The fraction of sp³-hybridized carbons (Fsp3) is 0.0667. The maximum atomic E-state index is 12.9. The Bertz CT molecular complexity index is 939.